The van der Waals surface area contributed by atoms with Gasteiger partial charge in [-0.15, -0.1) is 0 Å². The first kappa shape index (κ1) is 14.8. The van der Waals surface area contributed by atoms with E-state index in [9.17, 15) is 4.79 Å². The van der Waals surface area contributed by atoms with Gasteiger partial charge in [0.25, 0.3) is 0 Å². The highest BCUT2D eigenvalue weighted by Gasteiger charge is 2.42. The van der Waals surface area contributed by atoms with Crippen LogP contribution in [-0.2, 0) is 9.53 Å². The molecule has 1 amide bonds. The average Bonchev–Trinajstić information content (AvgIpc) is 2.91. The van der Waals surface area contributed by atoms with E-state index in [2.05, 4.69) is 26.1 Å². The van der Waals surface area contributed by atoms with E-state index in [1.165, 1.54) is 0 Å². The van der Waals surface area contributed by atoms with Crippen LogP contribution in [0.5, 0.6) is 0 Å². The normalized spacial score (nSPS) is 35.3. The molecule has 2 aliphatic rings. The summed E-state index contributed by atoms with van der Waals surface area (Å²) in [6.07, 6.45) is 6.49. The van der Waals surface area contributed by atoms with E-state index < -0.39 is 0 Å². The molecule has 0 radical (unpaired) electrons. The van der Waals surface area contributed by atoms with Crippen LogP contribution < -0.4 is 5.32 Å². The largest absolute Gasteiger partial charge is 0.373 e. The number of nitrogens with zero attached hydrogens (tertiary/aromatic N) is 1. The number of nitrogens with one attached hydrogen (secondary N) is 1. The van der Waals surface area contributed by atoms with Gasteiger partial charge >= 0.3 is 0 Å². The molecule has 3 unspecified atom stereocenters. The van der Waals surface area contributed by atoms with Gasteiger partial charge in [0.1, 0.15) is 0 Å². The molecule has 19 heavy (non-hydrogen) atoms. The van der Waals surface area contributed by atoms with E-state index in [1.807, 2.05) is 4.90 Å². The number of carbonyl (C=O) groups excluding carboxylic acids is 1. The summed E-state index contributed by atoms with van der Waals surface area (Å²) in [5.74, 6) is 0.275. The molecule has 2 saturated heterocycles. The molecule has 2 heterocycles. The minimum absolute atomic E-state index is 0.0200. The topological polar surface area (TPSA) is 41.6 Å². The second kappa shape index (κ2) is 6.23. The summed E-state index contributed by atoms with van der Waals surface area (Å²) in [5.41, 5.74) is -0.134. The Bertz CT molecular complexity index is 313. The minimum Gasteiger partial charge on any atom is -0.373 e. The molecule has 0 aromatic rings. The molecule has 0 saturated carbocycles. The van der Waals surface area contributed by atoms with Crippen molar-refractivity contribution < 1.29 is 9.53 Å². The lowest BCUT2D eigenvalue weighted by Crippen LogP contribution is -2.46. The molecular weight excluding hydrogens is 240 g/mol. The SMILES string of the molecule is CCCC1NC(CCC)N(CC2(C)CCCO2)C1=O. The number of ether oxygens (including phenoxy) is 1. The van der Waals surface area contributed by atoms with E-state index in [1.54, 1.807) is 0 Å². The van der Waals surface area contributed by atoms with Crippen molar-refractivity contribution in [2.75, 3.05) is 13.2 Å². The van der Waals surface area contributed by atoms with Crippen LogP contribution >= 0.6 is 0 Å². The number of hydrogen-bond donors (Lipinski definition) is 1. The first-order chi connectivity index (χ1) is 9.09. The van der Waals surface area contributed by atoms with Gasteiger partial charge in [-0.25, -0.2) is 0 Å². The number of amides is 1. The summed E-state index contributed by atoms with van der Waals surface area (Å²) in [6, 6.07) is 0.0200. The lowest BCUT2D eigenvalue weighted by atomic mass is 10.0. The van der Waals surface area contributed by atoms with Crippen LogP contribution in [0.15, 0.2) is 0 Å². The molecule has 0 aromatic carbocycles. The van der Waals surface area contributed by atoms with Crippen molar-refractivity contribution in [3.8, 4) is 0 Å². The van der Waals surface area contributed by atoms with Crippen molar-refractivity contribution in [2.24, 2.45) is 0 Å². The fourth-order valence-electron chi connectivity index (χ4n) is 3.27. The van der Waals surface area contributed by atoms with Gasteiger partial charge in [0.15, 0.2) is 0 Å². The first-order valence-electron chi connectivity index (χ1n) is 7.80. The summed E-state index contributed by atoms with van der Waals surface area (Å²) in [7, 11) is 0. The van der Waals surface area contributed by atoms with Crippen LogP contribution in [0.1, 0.15) is 59.3 Å². The number of hydrogen-bond acceptors (Lipinski definition) is 3. The summed E-state index contributed by atoms with van der Waals surface area (Å²) >= 11 is 0. The molecule has 0 aromatic heterocycles. The summed E-state index contributed by atoms with van der Waals surface area (Å²) < 4.78 is 5.85. The second-order valence-electron chi connectivity index (χ2n) is 6.18. The number of carbonyl (C=O) groups is 1. The predicted molar refractivity (Wildman–Crippen MR) is 75.8 cm³/mol. The fourth-order valence-corrected chi connectivity index (χ4v) is 3.27. The monoisotopic (exact) mass is 268 g/mol. The highest BCUT2D eigenvalue weighted by molar-refractivity contribution is 5.84. The Balaban J connectivity index is 2.03. The van der Waals surface area contributed by atoms with Gasteiger partial charge in [0.2, 0.25) is 5.91 Å². The van der Waals surface area contributed by atoms with Gasteiger partial charge < -0.3 is 9.64 Å². The Kier molecular flexibility index (Phi) is 4.85. The Morgan fingerprint density at radius 2 is 2.11 bits per heavy atom. The van der Waals surface area contributed by atoms with Gasteiger partial charge in [0, 0.05) is 6.61 Å². The van der Waals surface area contributed by atoms with Crippen molar-refractivity contribution in [3.63, 3.8) is 0 Å². The van der Waals surface area contributed by atoms with Crippen molar-refractivity contribution in [1.29, 1.82) is 0 Å². The van der Waals surface area contributed by atoms with Crippen molar-refractivity contribution in [1.82, 2.24) is 10.2 Å². The van der Waals surface area contributed by atoms with Gasteiger partial charge in [-0.2, -0.15) is 0 Å². The van der Waals surface area contributed by atoms with Gasteiger partial charge in [-0.05, 0) is 32.6 Å². The Hall–Kier alpha value is -0.610. The highest BCUT2D eigenvalue weighted by Crippen LogP contribution is 2.29. The van der Waals surface area contributed by atoms with Crippen molar-refractivity contribution in [2.45, 2.75) is 77.1 Å². The van der Waals surface area contributed by atoms with Crippen molar-refractivity contribution >= 4 is 5.91 Å². The standard InChI is InChI=1S/C15H28N2O2/c1-4-7-12-14(18)17(13(16-12)8-5-2)11-15(3)9-6-10-19-15/h12-13,16H,4-11H2,1-3H3. The zero-order chi connectivity index (χ0) is 13.9. The predicted octanol–water partition coefficient (Wildman–Crippen LogP) is 2.28. The molecule has 4 nitrogen and oxygen atoms in total. The van der Waals surface area contributed by atoms with Crippen LogP contribution in [0, 0.1) is 0 Å². The quantitative estimate of drug-likeness (QED) is 0.803. The van der Waals surface area contributed by atoms with Crippen LogP contribution in [-0.4, -0.2) is 41.8 Å². The van der Waals surface area contributed by atoms with Crippen LogP contribution in [0.2, 0.25) is 0 Å². The van der Waals surface area contributed by atoms with Crippen molar-refractivity contribution in [3.05, 3.63) is 0 Å². The highest BCUT2D eigenvalue weighted by atomic mass is 16.5. The second-order valence-corrected chi connectivity index (χ2v) is 6.18. The van der Waals surface area contributed by atoms with Gasteiger partial charge in [0.05, 0.1) is 24.4 Å². The van der Waals surface area contributed by atoms with Crippen LogP contribution in [0.4, 0.5) is 0 Å². The molecule has 2 fully saturated rings. The molecule has 0 aliphatic carbocycles. The maximum absolute atomic E-state index is 12.5. The molecule has 0 bridgehead atoms. The first-order valence-corrected chi connectivity index (χ1v) is 7.80. The van der Waals surface area contributed by atoms with E-state index in [4.69, 9.17) is 4.74 Å². The fraction of sp³-hybridized carbons (Fsp3) is 0.933. The molecule has 0 spiro atoms. The minimum atomic E-state index is -0.134. The molecule has 1 N–H and O–H groups in total. The van der Waals surface area contributed by atoms with Gasteiger partial charge in [-0.1, -0.05) is 26.7 Å². The van der Waals surface area contributed by atoms with Gasteiger partial charge in [-0.3, -0.25) is 10.1 Å². The Morgan fingerprint density at radius 1 is 1.37 bits per heavy atom. The van der Waals surface area contributed by atoms with E-state index in [0.29, 0.717) is 0 Å². The summed E-state index contributed by atoms with van der Waals surface area (Å²) in [4.78, 5) is 14.6. The zero-order valence-electron chi connectivity index (χ0n) is 12.6. The van der Waals surface area contributed by atoms with E-state index in [-0.39, 0.29) is 23.7 Å². The zero-order valence-corrected chi connectivity index (χ0v) is 12.6. The van der Waals surface area contributed by atoms with Crippen LogP contribution in [0.3, 0.4) is 0 Å². The number of rotatable bonds is 6. The molecule has 2 aliphatic heterocycles. The molecule has 2 rings (SSSR count). The smallest absolute Gasteiger partial charge is 0.241 e. The third-order valence-corrected chi connectivity index (χ3v) is 4.30. The third kappa shape index (κ3) is 3.29. The molecular formula is C15H28N2O2. The lowest BCUT2D eigenvalue weighted by molar-refractivity contribution is -0.133. The molecule has 4 heteroatoms. The molecule has 3 atom stereocenters. The molecule has 110 valence electrons. The Morgan fingerprint density at radius 3 is 2.68 bits per heavy atom. The maximum atomic E-state index is 12.5. The Labute approximate surface area is 116 Å². The lowest BCUT2D eigenvalue weighted by Gasteiger charge is -2.32. The van der Waals surface area contributed by atoms with E-state index in [0.717, 1.165) is 51.7 Å². The van der Waals surface area contributed by atoms with E-state index >= 15 is 0 Å². The summed E-state index contributed by atoms with van der Waals surface area (Å²) in [6.45, 7) is 8.02. The summed E-state index contributed by atoms with van der Waals surface area (Å²) in [5, 5.41) is 3.50. The average molecular weight is 268 g/mol. The van der Waals surface area contributed by atoms with Crippen LogP contribution in [0.25, 0.3) is 0 Å². The maximum Gasteiger partial charge on any atom is 0.241 e. The third-order valence-electron chi connectivity index (χ3n) is 4.30.